The summed E-state index contributed by atoms with van der Waals surface area (Å²) >= 11 is 0. The van der Waals surface area contributed by atoms with Crippen LogP contribution in [0.4, 0.5) is 0 Å². The minimum atomic E-state index is -0.479. The van der Waals surface area contributed by atoms with E-state index in [-0.39, 0.29) is 17.1 Å². The van der Waals surface area contributed by atoms with Crippen LogP contribution in [0.3, 0.4) is 0 Å². The molecular formula is C8H5N3O2. The summed E-state index contributed by atoms with van der Waals surface area (Å²) in [5.41, 5.74) is 7.99. The van der Waals surface area contributed by atoms with Crippen LogP contribution in [-0.4, -0.2) is 11.6 Å². The number of nitrogens with zero attached hydrogens (tertiary/aromatic N) is 3. The molecule has 0 aromatic heterocycles. The number of hydrogen-bond donors (Lipinski definition) is 0. The summed E-state index contributed by atoms with van der Waals surface area (Å²) in [5.74, 6) is -0.857. The Morgan fingerprint density at radius 3 is 2.54 bits per heavy atom. The molecule has 0 unspecified atom stereocenters. The number of hydrogen-bond acceptors (Lipinski definition) is 3. The van der Waals surface area contributed by atoms with Crippen molar-refractivity contribution in [3.63, 3.8) is 0 Å². The summed E-state index contributed by atoms with van der Waals surface area (Å²) in [6.07, 6.45) is 3.39. The fourth-order valence-electron chi connectivity index (χ4n) is 0.915. The molecule has 0 bridgehead atoms. The molecule has 0 heterocycles. The second-order valence-electron chi connectivity index (χ2n) is 2.22. The Kier molecular flexibility index (Phi) is 2.42. The molecule has 0 saturated carbocycles. The number of allylic oxidation sites excluding steroid dienone is 4. The highest BCUT2D eigenvalue weighted by Crippen LogP contribution is 2.16. The Morgan fingerprint density at radius 1 is 1.38 bits per heavy atom. The highest BCUT2D eigenvalue weighted by molar-refractivity contribution is 6.21. The molecule has 0 N–H and O–H groups in total. The quantitative estimate of drug-likeness (QED) is 0.275. The van der Waals surface area contributed by atoms with E-state index in [4.69, 9.17) is 5.53 Å². The average Bonchev–Trinajstić information content (AvgIpc) is 2.12. The predicted octanol–water partition coefficient (Wildman–Crippen LogP) is 1.44. The molecule has 0 aromatic rings. The lowest BCUT2D eigenvalue weighted by Gasteiger charge is -2.05. The number of carbonyl (C=O) groups excluding carboxylic acids is 2. The maximum atomic E-state index is 11.1. The van der Waals surface area contributed by atoms with E-state index in [0.29, 0.717) is 0 Å². The highest BCUT2D eigenvalue weighted by Gasteiger charge is 2.18. The second-order valence-corrected chi connectivity index (χ2v) is 2.22. The van der Waals surface area contributed by atoms with Crippen molar-refractivity contribution in [1.82, 2.24) is 0 Å². The van der Waals surface area contributed by atoms with Crippen LogP contribution in [0.5, 0.6) is 0 Å². The van der Waals surface area contributed by atoms with Crippen molar-refractivity contribution < 1.29 is 9.59 Å². The molecule has 5 nitrogen and oxygen atoms in total. The van der Waals surface area contributed by atoms with Gasteiger partial charge in [0, 0.05) is 10.5 Å². The van der Waals surface area contributed by atoms with E-state index < -0.39 is 5.78 Å². The number of ketones is 2. The Labute approximate surface area is 73.7 Å². The van der Waals surface area contributed by atoms with E-state index >= 15 is 0 Å². The maximum Gasteiger partial charge on any atom is 0.189 e. The molecule has 0 amide bonds. The zero-order valence-corrected chi connectivity index (χ0v) is 6.60. The molecule has 0 fully saturated rings. The molecule has 1 aliphatic rings. The minimum Gasteiger partial charge on any atom is -0.289 e. The Morgan fingerprint density at radius 2 is 2.00 bits per heavy atom. The normalized spacial score (nSPS) is 15.7. The molecule has 5 heteroatoms. The first-order valence-electron chi connectivity index (χ1n) is 3.39. The Hall–Kier alpha value is -2.13. The van der Waals surface area contributed by atoms with Crippen molar-refractivity contribution in [2.75, 3.05) is 0 Å². The number of rotatable bonds is 2. The van der Waals surface area contributed by atoms with E-state index in [1.807, 2.05) is 0 Å². The van der Waals surface area contributed by atoms with Gasteiger partial charge >= 0.3 is 0 Å². The van der Waals surface area contributed by atoms with Crippen LogP contribution >= 0.6 is 0 Å². The van der Waals surface area contributed by atoms with Crippen molar-refractivity contribution in [3.05, 3.63) is 46.5 Å². The lowest BCUT2D eigenvalue weighted by Crippen LogP contribution is -2.11. The van der Waals surface area contributed by atoms with E-state index in [1.165, 1.54) is 6.08 Å². The van der Waals surface area contributed by atoms with E-state index in [2.05, 4.69) is 16.6 Å². The number of azide groups is 1. The average molecular weight is 175 g/mol. The molecule has 13 heavy (non-hydrogen) atoms. The monoisotopic (exact) mass is 175 g/mol. The van der Waals surface area contributed by atoms with Crippen LogP contribution in [0.1, 0.15) is 0 Å². The van der Waals surface area contributed by atoms with Crippen LogP contribution in [0.15, 0.2) is 41.2 Å². The molecule has 0 aromatic carbocycles. The van der Waals surface area contributed by atoms with E-state index in [1.54, 1.807) is 0 Å². The van der Waals surface area contributed by atoms with Gasteiger partial charge in [0.2, 0.25) is 0 Å². The lowest BCUT2D eigenvalue weighted by molar-refractivity contribution is -0.115. The molecule has 64 valence electrons. The largest absolute Gasteiger partial charge is 0.289 e. The van der Waals surface area contributed by atoms with Crippen LogP contribution < -0.4 is 0 Å². The van der Waals surface area contributed by atoms with Crippen molar-refractivity contribution in [1.29, 1.82) is 0 Å². The van der Waals surface area contributed by atoms with Gasteiger partial charge in [0.05, 0.1) is 5.70 Å². The topological polar surface area (TPSA) is 82.9 Å². The molecule has 1 rings (SSSR count). The van der Waals surface area contributed by atoms with Gasteiger partial charge in [-0.3, -0.25) is 9.59 Å². The summed E-state index contributed by atoms with van der Waals surface area (Å²) in [5, 5.41) is 3.13. The molecule has 0 aliphatic heterocycles. The zero-order valence-electron chi connectivity index (χ0n) is 6.60. The highest BCUT2D eigenvalue weighted by atomic mass is 16.1. The van der Waals surface area contributed by atoms with Gasteiger partial charge < -0.3 is 0 Å². The molecule has 0 atom stereocenters. The first-order chi connectivity index (χ1) is 6.20. The third-order valence-corrected chi connectivity index (χ3v) is 1.49. The third-order valence-electron chi connectivity index (χ3n) is 1.49. The molecule has 0 spiro atoms. The molecule has 0 saturated heterocycles. The molecule has 0 radical (unpaired) electrons. The molecule has 1 aliphatic carbocycles. The van der Waals surface area contributed by atoms with Gasteiger partial charge in [-0.05, 0) is 17.7 Å². The van der Waals surface area contributed by atoms with Gasteiger partial charge in [-0.1, -0.05) is 17.8 Å². The van der Waals surface area contributed by atoms with Crippen molar-refractivity contribution in [2.24, 2.45) is 5.11 Å². The third kappa shape index (κ3) is 1.55. The van der Waals surface area contributed by atoms with Crippen molar-refractivity contribution >= 4 is 11.6 Å². The summed E-state index contributed by atoms with van der Waals surface area (Å²) < 4.78 is 0. The predicted molar refractivity (Wildman–Crippen MR) is 45.5 cm³/mol. The smallest absolute Gasteiger partial charge is 0.189 e. The lowest BCUT2D eigenvalue weighted by atomic mass is 10.0. The fourth-order valence-corrected chi connectivity index (χ4v) is 0.915. The second kappa shape index (κ2) is 3.51. The van der Waals surface area contributed by atoms with Crippen LogP contribution in [0.25, 0.3) is 10.4 Å². The summed E-state index contributed by atoms with van der Waals surface area (Å²) in [6.45, 7) is 3.35. The summed E-state index contributed by atoms with van der Waals surface area (Å²) in [4.78, 5) is 24.6. The first kappa shape index (κ1) is 8.96. The summed E-state index contributed by atoms with van der Waals surface area (Å²) in [7, 11) is 0. The zero-order chi connectivity index (χ0) is 9.84. The van der Waals surface area contributed by atoms with Crippen LogP contribution in [-0.2, 0) is 9.59 Å². The number of carbonyl (C=O) groups is 2. The van der Waals surface area contributed by atoms with Gasteiger partial charge in [0.15, 0.2) is 11.6 Å². The maximum absolute atomic E-state index is 11.1. The van der Waals surface area contributed by atoms with E-state index in [0.717, 1.165) is 12.2 Å². The van der Waals surface area contributed by atoms with Gasteiger partial charge in [0.25, 0.3) is 0 Å². The standard InChI is InChI=1S/C8H5N3O2/c1-2-5-6(12)3-4-7(13)8(5)10-11-9/h2-4H,1H2. The van der Waals surface area contributed by atoms with Crippen LogP contribution in [0, 0.1) is 0 Å². The Bertz CT molecular complexity index is 398. The van der Waals surface area contributed by atoms with Gasteiger partial charge in [-0.2, -0.15) is 0 Å². The molecular weight excluding hydrogens is 170 g/mol. The summed E-state index contributed by atoms with van der Waals surface area (Å²) in [6, 6.07) is 0. The van der Waals surface area contributed by atoms with Gasteiger partial charge in [-0.15, -0.1) is 0 Å². The Balaban J connectivity index is 3.34. The van der Waals surface area contributed by atoms with E-state index in [9.17, 15) is 9.59 Å². The van der Waals surface area contributed by atoms with Crippen molar-refractivity contribution in [2.45, 2.75) is 0 Å². The SMILES string of the molecule is C=CC1=C(N=[N+]=[N-])C(=O)C=CC1=O. The van der Waals surface area contributed by atoms with Crippen molar-refractivity contribution in [3.8, 4) is 0 Å². The van der Waals surface area contributed by atoms with Gasteiger partial charge in [-0.25, -0.2) is 0 Å². The fraction of sp³-hybridized carbons (Fsp3) is 0. The first-order valence-corrected chi connectivity index (χ1v) is 3.39. The van der Waals surface area contributed by atoms with Gasteiger partial charge in [0.1, 0.15) is 0 Å². The van der Waals surface area contributed by atoms with Crippen LogP contribution in [0.2, 0.25) is 0 Å². The minimum absolute atomic E-state index is 0.0466.